The third-order valence-electron chi connectivity index (χ3n) is 3.09. The van der Waals surface area contributed by atoms with Gasteiger partial charge in [0.2, 0.25) is 5.91 Å². The van der Waals surface area contributed by atoms with E-state index in [2.05, 4.69) is 10.4 Å². The maximum absolute atomic E-state index is 11.9. The highest BCUT2D eigenvalue weighted by atomic mass is 35.5. The maximum atomic E-state index is 11.9. The topological polar surface area (TPSA) is 84.2 Å². The Bertz CT molecular complexity index is 642. The first-order chi connectivity index (χ1) is 10.5. The Kier molecular flexibility index (Phi) is 5.55. The van der Waals surface area contributed by atoms with E-state index < -0.39 is 12.0 Å². The molecule has 116 valence electrons. The third kappa shape index (κ3) is 4.89. The zero-order valence-corrected chi connectivity index (χ0v) is 12.5. The van der Waals surface area contributed by atoms with E-state index in [-0.39, 0.29) is 18.7 Å². The maximum Gasteiger partial charge on any atom is 0.326 e. The van der Waals surface area contributed by atoms with Crippen LogP contribution in [0.25, 0.3) is 0 Å². The Labute approximate surface area is 132 Å². The fraction of sp³-hybridized carbons (Fsp3) is 0.267. The van der Waals surface area contributed by atoms with Crippen molar-refractivity contribution < 1.29 is 14.7 Å². The number of carbonyl (C=O) groups is 2. The molecule has 1 amide bonds. The van der Waals surface area contributed by atoms with E-state index >= 15 is 0 Å². The van der Waals surface area contributed by atoms with Crippen molar-refractivity contribution in [2.24, 2.45) is 0 Å². The molecule has 6 nitrogen and oxygen atoms in total. The van der Waals surface area contributed by atoms with Crippen LogP contribution in [0.15, 0.2) is 42.7 Å². The van der Waals surface area contributed by atoms with Gasteiger partial charge in [0.05, 0.1) is 11.2 Å². The average molecular weight is 322 g/mol. The normalized spacial score (nSPS) is 11.9. The lowest BCUT2D eigenvalue weighted by Crippen LogP contribution is -2.42. The van der Waals surface area contributed by atoms with E-state index in [1.165, 1.54) is 10.9 Å². The van der Waals surface area contributed by atoms with Gasteiger partial charge < -0.3 is 10.4 Å². The number of aryl methyl sites for hydroxylation is 1. The van der Waals surface area contributed by atoms with Crippen LogP contribution in [-0.2, 0) is 22.6 Å². The van der Waals surface area contributed by atoms with Crippen LogP contribution in [0.2, 0.25) is 5.02 Å². The van der Waals surface area contributed by atoms with Gasteiger partial charge in [0.25, 0.3) is 0 Å². The highest BCUT2D eigenvalue weighted by molar-refractivity contribution is 6.30. The quantitative estimate of drug-likeness (QED) is 0.813. The number of carboxylic acids is 1. The van der Waals surface area contributed by atoms with E-state index in [0.717, 1.165) is 5.56 Å². The SMILES string of the molecule is O=C(CCn1cc(Cl)cn1)N[C@H](Cc1ccccc1)C(=O)O. The van der Waals surface area contributed by atoms with Crippen LogP contribution in [0.3, 0.4) is 0 Å². The van der Waals surface area contributed by atoms with E-state index in [9.17, 15) is 14.7 Å². The smallest absolute Gasteiger partial charge is 0.326 e. The van der Waals surface area contributed by atoms with Gasteiger partial charge in [0.15, 0.2) is 0 Å². The fourth-order valence-corrected chi connectivity index (χ4v) is 2.15. The summed E-state index contributed by atoms with van der Waals surface area (Å²) < 4.78 is 1.54. The molecular formula is C15H16ClN3O3. The highest BCUT2D eigenvalue weighted by Gasteiger charge is 2.20. The number of carbonyl (C=O) groups excluding carboxylic acids is 1. The van der Waals surface area contributed by atoms with Crippen LogP contribution in [0.5, 0.6) is 0 Å². The molecule has 0 saturated heterocycles. The molecule has 0 aliphatic heterocycles. The molecule has 0 bridgehead atoms. The number of carboxylic acid groups (broad SMARTS) is 1. The number of nitrogens with zero attached hydrogens (tertiary/aromatic N) is 2. The summed E-state index contributed by atoms with van der Waals surface area (Å²) in [5.74, 6) is -1.39. The van der Waals surface area contributed by atoms with E-state index in [4.69, 9.17) is 11.6 Å². The molecule has 0 radical (unpaired) electrons. The Balaban J connectivity index is 1.87. The monoisotopic (exact) mass is 321 g/mol. The van der Waals surface area contributed by atoms with Gasteiger partial charge >= 0.3 is 5.97 Å². The number of hydrogen-bond donors (Lipinski definition) is 2. The molecule has 1 atom stereocenters. The molecule has 1 heterocycles. The molecule has 2 N–H and O–H groups in total. The van der Waals surface area contributed by atoms with Crippen LogP contribution in [-0.4, -0.2) is 32.8 Å². The minimum atomic E-state index is -1.06. The Morgan fingerprint density at radius 2 is 2.05 bits per heavy atom. The number of amides is 1. The lowest BCUT2D eigenvalue weighted by molar-refractivity contribution is -0.141. The molecule has 0 aliphatic carbocycles. The molecule has 0 saturated carbocycles. The molecule has 1 aromatic carbocycles. The number of benzene rings is 1. The summed E-state index contributed by atoms with van der Waals surface area (Å²) in [6.45, 7) is 0.343. The van der Waals surface area contributed by atoms with Crippen molar-refractivity contribution in [3.05, 3.63) is 53.3 Å². The molecular weight excluding hydrogens is 306 g/mol. The van der Waals surface area contributed by atoms with Crippen LogP contribution in [0, 0.1) is 0 Å². The molecule has 0 fully saturated rings. The second-order valence-electron chi connectivity index (χ2n) is 4.82. The molecule has 0 aliphatic rings. The fourth-order valence-electron chi connectivity index (χ4n) is 1.99. The lowest BCUT2D eigenvalue weighted by atomic mass is 10.1. The summed E-state index contributed by atoms with van der Waals surface area (Å²) >= 11 is 5.73. The molecule has 2 rings (SSSR count). The van der Waals surface area contributed by atoms with Gasteiger partial charge in [-0.15, -0.1) is 0 Å². The Morgan fingerprint density at radius 1 is 1.32 bits per heavy atom. The first-order valence-corrected chi connectivity index (χ1v) is 7.16. The number of nitrogens with one attached hydrogen (secondary N) is 1. The van der Waals surface area contributed by atoms with Gasteiger partial charge in [-0.1, -0.05) is 41.9 Å². The van der Waals surface area contributed by atoms with E-state index in [0.29, 0.717) is 11.6 Å². The molecule has 22 heavy (non-hydrogen) atoms. The first kappa shape index (κ1) is 16.0. The summed E-state index contributed by atoms with van der Waals surface area (Å²) in [7, 11) is 0. The zero-order chi connectivity index (χ0) is 15.9. The minimum absolute atomic E-state index is 0.135. The zero-order valence-electron chi connectivity index (χ0n) is 11.8. The van der Waals surface area contributed by atoms with Crippen molar-refractivity contribution >= 4 is 23.5 Å². The van der Waals surface area contributed by atoms with Crippen molar-refractivity contribution in [3.63, 3.8) is 0 Å². The average Bonchev–Trinajstić information content (AvgIpc) is 2.91. The summed E-state index contributed by atoms with van der Waals surface area (Å²) in [5.41, 5.74) is 0.856. The predicted octanol–water partition coefficient (Wildman–Crippen LogP) is 1.74. The molecule has 7 heteroatoms. The Hall–Kier alpha value is -2.34. The second-order valence-corrected chi connectivity index (χ2v) is 5.26. The minimum Gasteiger partial charge on any atom is -0.480 e. The highest BCUT2D eigenvalue weighted by Crippen LogP contribution is 2.06. The summed E-state index contributed by atoms with van der Waals surface area (Å²) in [5, 5.41) is 16.2. The third-order valence-corrected chi connectivity index (χ3v) is 3.28. The van der Waals surface area contributed by atoms with Gasteiger partial charge in [-0.05, 0) is 5.56 Å². The molecule has 2 aromatic rings. The molecule has 0 unspecified atom stereocenters. The van der Waals surface area contributed by atoms with E-state index in [1.54, 1.807) is 6.20 Å². The summed E-state index contributed by atoms with van der Waals surface area (Å²) in [6.07, 6.45) is 3.47. The van der Waals surface area contributed by atoms with Crippen LogP contribution in [0.1, 0.15) is 12.0 Å². The number of hydrogen-bond acceptors (Lipinski definition) is 3. The number of halogens is 1. The van der Waals surface area contributed by atoms with Crippen molar-refractivity contribution in [2.75, 3.05) is 0 Å². The first-order valence-electron chi connectivity index (χ1n) is 6.78. The number of aliphatic carboxylic acids is 1. The lowest BCUT2D eigenvalue weighted by Gasteiger charge is -2.14. The van der Waals surface area contributed by atoms with Crippen molar-refractivity contribution in [3.8, 4) is 0 Å². The van der Waals surface area contributed by atoms with Gasteiger partial charge in [-0.25, -0.2) is 4.79 Å². The van der Waals surface area contributed by atoms with Gasteiger partial charge in [0.1, 0.15) is 6.04 Å². The van der Waals surface area contributed by atoms with Crippen molar-refractivity contribution in [2.45, 2.75) is 25.4 Å². The van der Waals surface area contributed by atoms with Crippen LogP contribution >= 0.6 is 11.6 Å². The van der Waals surface area contributed by atoms with Gasteiger partial charge in [-0.2, -0.15) is 5.10 Å². The number of aromatic nitrogens is 2. The molecule has 0 spiro atoms. The standard InChI is InChI=1S/C15H16ClN3O3/c16-12-9-17-19(10-12)7-6-14(20)18-13(15(21)22)8-11-4-2-1-3-5-11/h1-5,9-10,13H,6-8H2,(H,18,20)(H,21,22)/t13-/m1/s1. The van der Waals surface area contributed by atoms with Crippen LogP contribution in [0.4, 0.5) is 0 Å². The van der Waals surface area contributed by atoms with Gasteiger partial charge in [0, 0.05) is 25.6 Å². The summed E-state index contributed by atoms with van der Waals surface area (Å²) in [6, 6.07) is 8.22. The van der Waals surface area contributed by atoms with E-state index in [1.807, 2.05) is 30.3 Å². The van der Waals surface area contributed by atoms with Crippen molar-refractivity contribution in [1.82, 2.24) is 15.1 Å². The molecule has 1 aromatic heterocycles. The van der Waals surface area contributed by atoms with Gasteiger partial charge in [-0.3, -0.25) is 9.48 Å². The number of rotatable bonds is 7. The summed E-state index contributed by atoms with van der Waals surface area (Å²) in [4.78, 5) is 23.1. The van der Waals surface area contributed by atoms with Crippen LogP contribution < -0.4 is 5.32 Å². The van der Waals surface area contributed by atoms with Crippen molar-refractivity contribution in [1.29, 1.82) is 0 Å². The second kappa shape index (κ2) is 7.61. The Morgan fingerprint density at radius 3 is 2.64 bits per heavy atom. The predicted molar refractivity (Wildman–Crippen MR) is 81.6 cm³/mol. The largest absolute Gasteiger partial charge is 0.480 e.